The highest BCUT2D eigenvalue weighted by atomic mass is 79.9. The summed E-state index contributed by atoms with van der Waals surface area (Å²) in [5, 5.41) is 11.5. The molecule has 0 fully saturated rings. The molecule has 0 bridgehead atoms. The van der Waals surface area contributed by atoms with Gasteiger partial charge in [0.15, 0.2) is 4.60 Å². The number of nitrogens with zero attached hydrogens (tertiary/aromatic N) is 3. The van der Waals surface area contributed by atoms with Gasteiger partial charge in [-0.05, 0) is 34.6 Å². The molecule has 1 unspecified atom stereocenters. The van der Waals surface area contributed by atoms with Gasteiger partial charge < -0.3 is 5.32 Å². The Morgan fingerprint density at radius 3 is 2.79 bits per heavy atom. The lowest BCUT2D eigenvalue weighted by molar-refractivity contribution is 0.529. The van der Waals surface area contributed by atoms with Crippen LogP contribution < -0.4 is 5.32 Å². The van der Waals surface area contributed by atoms with Crippen molar-refractivity contribution in [3.63, 3.8) is 0 Å². The van der Waals surface area contributed by atoms with Crippen LogP contribution in [-0.4, -0.2) is 21.5 Å². The fourth-order valence-electron chi connectivity index (χ4n) is 1.94. The van der Waals surface area contributed by atoms with Gasteiger partial charge in [-0.1, -0.05) is 29.8 Å². The van der Waals surface area contributed by atoms with E-state index in [9.17, 15) is 4.39 Å². The van der Waals surface area contributed by atoms with Crippen LogP contribution >= 0.6 is 27.5 Å². The van der Waals surface area contributed by atoms with Crippen LogP contribution in [0.3, 0.4) is 0 Å². The van der Waals surface area contributed by atoms with Gasteiger partial charge in [-0.15, -0.1) is 5.10 Å². The van der Waals surface area contributed by atoms with Gasteiger partial charge in [-0.25, -0.2) is 9.07 Å². The Morgan fingerprint density at radius 1 is 1.53 bits per heavy atom. The van der Waals surface area contributed by atoms with E-state index in [-0.39, 0.29) is 11.9 Å². The minimum Gasteiger partial charge on any atom is -0.305 e. The van der Waals surface area contributed by atoms with E-state index >= 15 is 0 Å². The number of benzene rings is 1. The summed E-state index contributed by atoms with van der Waals surface area (Å²) in [7, 11) is 1.77. The zero-order valence-electron chi connectivity index (χ0n) is 10.5. The number of aryl methyl sites for hydroxylation is 1. The number of halogens is 3. The van der Waals surface area contributed by atoms with Crippen LogP contribution in [0.15, 0.2) is 22.8 Å². The quantitative estimate of drug-likeness (QED) is 0.924. The zero-order valence-corrected chi connectivity index (χ0v) is 12.8. The molecular formula is C12H13BrClFN4. The normalized spacial score (nSPS) is 12.7. The Balaban J connectivity index is 2.51. The highest BCUT2D eigenvalue weighted by molar-refractivity contribution is 9.10. The molecule has 2 rings (SSSR count). The predicted molar refractivity (Wildman–Crippen MR) is 75.6 cm³/mol. The Kier molecular flexibility index (Phi) is 4.54. The van der Waals surface area contributed by atoms with Crippen molar-refractivity contribution in [3.8, 4) is 0 Å². The minimum atomic E-state index is -0.355. The first-order valence-corrected chi connectivity index (χ1v) is 6.95. The summed E-state index contributed by atoms with van der Waals surface area (Å²) in [4.78, 5) is 0. The van der Waals surface area contributed by atoms with Gasteiger partial charge >= 0.3 is 0 Å². The van der Waals surface area contributed by atoms with Crippen molar-refractivity contribution in [2.45, 2.75) is 13.0 Å². The number of nitrogens with one attached hydrogen (secondary N) is 1. The molecule has 0 radical (unpaired) electrons. The van der Waals surface area contributed by atoms with Crippen LogP contribution in [0.5, 0.6) is 0 Å². The summed E-state index contributed by atoms with van der Waals surface area (Å²) in [5.74, 6) is -0.355. The molecule has 102 valence electrons. The molecule has 2 aromatic rings. The molecule has 1 aromatic heterocycles. The van der Waals surface area contributed by atoms with Crippen molar-refractivity contribution in [2.24, 2.45) is 7.05 Å². The van der Waals surface area contributed by atoms with Crippen molar-refractivity contribution in [3.05, 3.63) is 44.9 Å². The van der Waals surface area contributed by atoms with Crippen LogP contribution in [0, 0.1) is 5.82 Å². The largest absolute Gasteiger partial charge is 0.305 e. The van der Waals surface area contributed by atoms with E-state index in [2.05, 4.69) is 31.6 Å². The fourth-order valence-corrected chi connectivity index (χ4v) is 2.65. The average Bonchev–Trinajstić information content (AvgIpc) is 2.67. The van der Waals surface area contributed by atoms with Gasteiger partial charge in [0.2, 0.25) is 0 Å². The monoisotopic (exact) mass is 346 g/mol. The van der Waals surface area contributed by atoms with E-state index in [4.69, 9.17) is 11.6 Å². The first-order chi connectivity index (χ1) is 9.04. The summed E-state index contributed by atoms with van der Waals surface area (Å²) >= 11 is 9.13. The minimum absolute atomic E-state index is 0.336. The number of aromatic nitrogens is 3. The third kappa shape index (κ3) is 2.96. The highest BCUT2D eigenvalue weighted by Crippen LogP contribution is 2.29. The van der Waals surface area contributed by atoms with E-state index in [1.54, 1.807) is 23.9 Å². The molecule has 4 nitrogen and oxygen atoms in total. The maximum Gasteiger partial charge on any atom is 0.153 e. The van der Waals surface area contributed by atoms with Crippen molar-refractivity contribution in [2.75, 3.05) is 6.54 Å². The fraction of sp³-hybridized carbons (Fsp3) is 0.333. The summed E-state index contributed by atoms with van der Waals surface area (Å²) in [6.45, 7) is 2.64. The molecule has 0 saturated carbocycles. The van der Waals surface area contributed by atoms with E-state index in [0.717, 1.165) is 5.69 Å². The highest BCUT2D eigenvalue weighted by Gasteiger charge is 2.23. The number of hydrogen-bond acceptors (Lipinski definition) is 3. The first-order valence-electron chi connectivity index (χ1n) is 5.78. The maximum atomic E-state index is 14.1. The average molecular weight is 348 g/mol. The molecule has 0 aliphatic rings. The van der Waals surface area contributed by atoms with Crippen LogP contribution in [0.1, 0.15) is 24.2 Å². The third-order valence-electron chi connectivity index (χ3n) is 2.78. The number of hydrogen-bond donors (Lipinski definition) is 1. The lowest BCUT2D eigenvalue weighted by atomic mass is 10.0. The molecule has 1 atom stereocenters. The molecular weight excluding hydrogens is 335 g/mol. The second kappa shape index (κ2) is 5.98. The Labute approximate surface area is 124 Å². The standard InChI is InChI=1S/C12H13BrClFN4/c1-3-16-10(11-12(13)17-18-19(11)2)8-5-4-7(14)6-9(8)15/h4-6,10,16H,3H2,1-2H3. The summed E-state index contributed by atoms with van der Waals surface area (Å²) in [5.41, 5.74) is 1.28. The Bertz CT molecular complexity index is 568. The molecule has 19 heavy (non-hydrogen) atoms. The van der Waals surface area contributed by atoms with E-state index in [0.29, 0.717) is 21.7 Å². The van der Waals surface area contributed by atoms with Gasteiger partial charge in [-0.3, -0.25) is 0 Å². The molecule has 0 spiro atoms. The predicted octanol–water partition coefficient (Wildman–Crippen LogP) is 3.07. The van der Waals surface area contributed by atoms with Crippen molar-refractivity contribution < 1.29 is 4.39 Å². The topological polar surface area (TPSA) is 42.7 Å². The van der Waals surface area contributed by atoms with Crippen molar-refractivity contribution in [1.82, 2.24) is 20.3 Å². The van der Waals surface area contributed by atoms with Gasteiger partial charge in [0.05, 0.1) is 11.7 Å². The Hall–Kier alpha value is -0.980. The zero-order chi connectivity index (χ0) is 14.0. The molecule has 0 aliphatic carbocycles. The van der Waals surface area contributed by atoms with Gasteiger partial charge in [0.1, 0.15) is 5.82 Å². The van der Waals surface area contributed by atoms with E-state index < -0.39 is 0 Å². The smallest absolute Gasteiger partial charge is 0.153 e. The van der Waals surface area contributed by atoms with Crippen LogP contribution in [-0.2, 0) is 7.05 Å². The van der Waals surface area contributed by atoms with Crippen molar-refractivity contribution >= 4 is 27.5 Å². The molecule has 7 heteroatoms. The third-order valence-corrected chi connectivity index (χ3v) is 3.58. The molecule has 0 amide bonds. The second-order valence-corrected chi connectivity index (χ2v) is 5.23. The molecule has 0 saturated heterocycles. The maximum absolute atomic E-state index is 14.1. The summed E-state index contributed by atoms with van der Waals surface area (Å²) in [6, 6.07) is 4.31. The van der Waals surface area contributed by atoms with Crippen LogP contribution in [0.25, 0.3) is 0 Å². The van der Waals surface area contributed by atoms with Crippen molar-refractivity contribution in [1.29, 1.82) is 0 Å². The molecule has 0 aliphatic heterocycles. The van der Waals surface area contributed by atoms with E-state index in [1.807, 2.05) is 6.92 Å². The van der Waals surface area contributed by atoms with E-state index in [1.165, 1.54) is 6.07 Å². The number of rotatable bonds is 4. The van der Waals surface area contributed by atoms with Crippen LogP contribution in [0.4, 0.5) is 4.39 Å². The Morgan fingerprint density at radius 2 is 2.26 bits per heavy atom. The van der Waals surface area contributed by atoms with Crippen LogP contribution in [0.2, 0.25) is 5.02 Å². The van der Waals surface area contributed by atoms with Gasteiger partial charge in [-0.2, -0.15) is 0 Å². The summed E-state index contributed by atoms with van der Waals surface area (Å²) in [6.07, 6.45) is 0. The summed E-state index contributed by atoms with van der Waals surface area (Å²) < 4.78 is 16.3. The van der Waals surface area contributed by atoms with Gasteiger partial charge in [0.25, 0.3) is 0 Å². The lowest BCUT2D eigenvalue weighted by Gasteiger charge is -2.19. The molecule has 1 heterocycles. The van der Waals surface area contributed by atoms with Gasteiger partial charge in [0, 0.05) is 17.6 Å². The molecule has 1 N–H and O–H groups in total. The SMILES string of the molecule is CCNC(c1ccc(Cl)cc1F)c1c(Br)nnn1C. The lowest BCUT2D eigenvalue weighted by Crippen LogP contribution is -2.25. The molecule has 1 aromatic carbocycles. The first kappa shape index (κ1) is 14.4. The second-order valence-electron chi connectivity index (χ2n) is 4.05.